The fourth-order valence-corrected chi connectivity index (χ4v) is 2.38. The maximum absolute atomic E-state index is 13.3. The van der Waals surface area contributed by atoms with E-state index < -0.39 is 5.82 Å². The molecule has 1 aromatic carbocycles. The van der Waals surface area contributed by atoms with Gasteiger partial charge in [0, 0.05) is 12.6 Å². The van der Waals surface area contributed by atoms with Gasteiger partial charge in [-0.1, -0.05) is 32.4 Å². The molecule has 0 aliphatic rings. The van der Waals surface area contributed by atoms with Crippen LogP contribution in [0.5, 0.6) is 0 Å². The van der Waals surface area contributed by atoms with Gasteiger partial charge in [0.05, 0.1) is 17.3 Å². The van der Waals surface area contributed by atoms with Gasteiger partial charge in [-0.05, 0) is 35.7 Å². The molecular formula is C17H21ClFN3O. The molecule has 0 radical (unpaired) electrons. The normalized spacial score (nSPS) is 11.4. The van der Waals surface area contributed by atoms with Crippen molar-refractivity contribution < 1.29 is 9.60 Å². The van der Waals surface area contributed by atoms with Crippen LogP contribution < -0.4 is 10.4 Å². The van der Waals surface area contributed by atoms with Crippen LogP contribution in [-0.4, -0.2) is 23.8 Å². The van der Waals surface area contributed by atoms with Gasteiger partial charge in [0.1, 0.15) is 11.5 Å². The highest BCUT2D eigenvalue weighted by Crippen LogP contribution is 2.30. The topological polar surface area (TPSA) is 48.4 Å². The zero-order valence-corrected chi connectivity index (χ0v) is 14.4. The van der Waals surface area contributed by atoms with Crippen LogP contribution >= 0.6 is 11.6 Å². The maximum atomic E-state index is 13.3. The zero-order valence-electron chi connectivity index (χ0n) is 13.7. The smallest absolute Gasteiger partial charge is 0.152 e. The number of aromatic nitrogens is 1. The third-order valence-electron chi connectivity index (χ3n) is 3.23. The first kappa shape index (κ1) is 17.5. The molecule has 1 heterocycles. The number of nitrogens with one attached hydrogen (secondary N) is 1. The molecule has 0 atom stereocenters. The second-order valence-electron chi connectivity index (χ2n) is 6.56. The SMILES string of the molecule is CNc1nc(-c2ccc(F)c(Cl)c2)ccc1N(O)CC(C)(C)C. The minimum absolute atomic E-state index is 0.0518. The van der Waals surface area contributed by atoms with Crippen molar-refractivity contribution in [3.05, 3.63) is 41.2 Å². The third kappa shape index (κ3) is 4.33. The summed E-state index contributed by atoms with van der Waals surface area (Å²) in [6.07, 6.45) is 0. The van der Waals surface area contributed by atoms with E-state index in [4.69, 9.17) is 11.6 Å². The summed E-state index contributed by atoms with van der Waals surface area (Å²) in [4.78, 5) is 4.49. The number of benzene rings is 1. The predicted molar refractivity (Wildman–Crippen MR) is 92.8 cm³/mol. The van der Waals surface area contributed by atoms with E-state index in [-0.39, 0.29) is 10.4 Å². The molecule has 1 aromatic heterocycles. The highest BCUT2D eigenvalue weighted by atomic mass is 35.5. The Morgan fingerprint density at radius 2 is 1.96 bits per heavy atom. The van der Waals surface area contributed by atoms with Crippen molar-refractivity contribution in [2.75, 3.05) is 24.0 Å². The molecule has 0 fully saturated rings. The highest BCUT2D eigenvalue weighted by Gasteiger charge is 2.19. The van der Waals surface area contributed by atoms with Crippen LogP contribution in [0.25, 0.3) is 11.3 Å². The average Bonchev–Trinajstić information content (AvgIpc) is 2.47. The molecule has 2 rings (SSSR count). The number of rotatable bonds is 4. The van der Waals surface area contributed by atoms with E-state index in [1.807, 2.05) is 20.8 Å². The van der Waals surface area contributed by atoms with Crippen LogP contribution in [0.15, 0.2) is 30.3 Å². The number of pyridine rings is 1. The molecule has 0 unspecified atom stereocenters. The number of halogens is 2. The molecule has 124 valence electrons. The summed E-state index contributed by atoms with van der Waals surface area (Å²) in [6.45, 7) is 6.58. The van der Waals surface area contributed by atoms with Crippen LogP contribution in [0, 0.1) is 11.2 Å². The Morgan fingerprint density at radius 3 is 2.52 bits per heavy atom. The molecule has 0 aliphatic heterocycles. The van der Waals surface area contributed by atoms with Gasteiger partial charge in [0.25, 0.3) is 0 Å². The van der Waals surface area contributed by atoms with E-state index in [0.717, 1.165) is 0 Å². The van der Waals surface area contributed by atoms with Gasteiger partial charge in [-0.2, -0.15) is 0 Å². The van der Waals surface area contributed by atoms with Gasteiger partial charge in [0.15, 0.2) is 5.82 Å². The van der Waals surface area contributed by atoms with Crippen molar-refractivity contribution in [1.82, 2.24) is 4.98 Å². The Morgan fingerprint density at radius 1 is 1.26 bits per heavy atom. The molecule has 2 aromatic rings. The largest absolute Gasteiger partial charge is 0.371 e. The third-order valence-corrected chi connectivity index (χ3v) is 3.52. The Bertz CT molecular complexity index is 701. The molecule has 0 amide bonds. The fraction of sp³-hybridized carbons (Fsp3) is 0.353. The van der Waals surface area contributed by atoms with Gasteiger partial charge in [-0.3, -0.25) is 10.3 Å². The summed E-state index contributed by atoms with van der Waals surface area (Å²) in [6, 6.07) is 8.01. The summed E-state index contributed by atoms with van der Waals surface area (Å²) >= 11 is 5.83. The fourth-order valence-electron chi connectivity index (χ4n) is 2.19. The Balaban J connectivity index is 2.37. The first-order valence-corrected chi connectivity index (χ1v) is 7.70. The second-order valence-corrected chi connectivity index (χ2v) is 6.97. The van der Waals surface area contributed by atoms with E-state index in [1.54, 1.807) is 25.2 Å². The van der Waals surface area contributed by atoms with Gasteiger partial charge in [-0.15, -0.1) is 0 Å². The maximum Gasteiger partial charge on any atom is 0.152 e. The van der Waals surface area contributed by atoms with Gasteiger partial charge in [0.2, 0.25) is 0 Å². The van der Waals surface area contributed by atoms with E-state index in [2.05, 4.69) is 10.3 Å². The summed E-state index contributed by atoms with van der Waals surface area (Å²) in [5.41, 5.74) is 1.87. The molecule has 6 heteroatoms. The van der Waals surface area contributed by atoms with Crippen LogP contribution in [-0.2, 0) is 0 Å². The van der Waals surface area contributed by atoms with Crippen LogP contribution in [0.3, 0.4) is 0 Å². The number of hydroxylamine groups is 1. The number of nitrogens with zero attached hydrogens (tertiary/aromatic N) is 2. The average molecular weight is 338 g/mol. The lowest BCUT2D eigenvalue weighted by molar-refractivity contribution is 0.210. The molecular weight excluding hydrogens is 317 g/mol. The van der Waals surface area contributed by atoms with Crippen molar-refractivity contribution in [1.29, 1.82) is 0 Å². The van der Waals surface area contributed by atoms with Crippen LogP contribution in [0.2, 0.25) is 5.02 Å². The van der Waals surface area contributed by atoms with Crippen molar-refractivity contribution in [2.24, 2.45) is 5.41 Å². The molecule has 0 saturated carbocycles. The lowest BCUT2D eigenvalue weighted by Crippen LogP contribution is -2.30. The summed E-state index contributed by atoms with van der Waals surface area (Å²) in [7, 11) is 1.73. The van der Waals surface area contributed by atoms with Crippen molar-refractivity contribution in [3.8, 4) is 11.3 Å². The molecule has 23 heavy (non-hydrogen) atoms. The Hall–Kier alpha value is -1.85. The number of hydrogen-bond donors (Lipinski definition) is 2. The summed E-state index contributed by atoms with van der Waals surface area (Å²) < 4.78 is 13.3. The zero-order chi connectivity index (χ0) is 17.2. The predicted octanol–water partition coefficient (Wildman–Crippen LogP) is 4.82. The molecule has 0 bridgehead atoms. The molecule has 4 nitrogen and oxygen atoms in total. The first-order chi connectivity index (χ1) is 10.7. The standard InChI is InChI=1S/C17H21ClFN3O/c1-17(2,3)10-22(23)15-8-7-14(21-16(15)20-4)11-5-6-13(19)12(18)9-11/h5-9,23H,10H2,1-4H3,(H,20,21). The van der Waals surface area contributed by atoms with Crippen molar-refractivity contribution in [2.45, 2.75) is 20.8 Å². The van der Waals surface area contributed by atoms with Crippen LogP contribution in [0.1, 0.15) is 20.8 Å². The first-order valence-electron chi connectivity index (χ1n) is 7.32. The van der Waals surface area contributed by atoms with Gasteiger partial charge in [-0.25, -0.2) is 9.37 Å². The van der Waals surface area contributed by atoms with E-state index in [1.165, 1.54) is 17.2 Å². The van der Waals surface area contributed by atoms with Crippen molar-refractivity contribution >= 4 is 23.1 Å². The molecule has 0 aliphatic carbocycles. The summed E-state index contributed by atoms with van der Waals surface area (Å²) in [5, 5.41) is 14.5. The van der Waals surface area contributed by atoms with E-state index in [0.29, 0.717) is 29.3 Å². The lowest BCUT2D eigenvalue weighted by Gasteiger charge is -2.27. The summed E-state index contributed by atoms with van der Waals surface area (Å²) in [5.74, 6) is 0.0716. The second kappa shape index (κ2) is 6.72. The number of hydrogen-bond acceptors (Lipinski definition) is 4. The molecule has 0 spiro atoms. The highest BCUT2D eigenvalue weighted by molar-refractivity contribution is 6.31. The number of anilines is 2. The lowest BCUT2D eigenvalue weighted by atomic mass is 9.96. The monoisotopic (exact) mass is 337 g/mol. The van der Waals surface area contributed by atoms with Gasteiger partial charge >= 0.3 is 0 Å². The quantitative estimate of drug-likeness (QED) is 0.785. The minimum Gasteiger partial charge on any atom is -0.371 e. The minimum atomic E-state index is -0.465. The van der Waals surface area contributed by atoms with E-state index in [9.17, 15) is 9.60 Å². The molecule has 0 saturated heterocycles. The van der Waals surface area contributed by atoms with Crippen LogP contribution in [0.4, 0.5) is 15.9 Å². The van der Waals surface area contributed by atoms with Crippen molar-refractivity contribution in [3.63, 3.8) is 0 Å². The molecule has 2 N–H and O–H groups in total. The Labute approximate surface area is 140 Å². The Kier molecular flexibility index (Phi) is 5.12. The van der Waals surface area contributed by atoms with E-state index >= 15 is 0 Å². The van der Waals surface area contributed by atoms with Gasteiger partial charge < -0.3 is 5.32 Å².